The minimum Gasteiger partial charge on any atom is -0.380 e. The molecule has 1 aromatic rings. The summed E-state index contributed by atoms with van der Waals surface area (Å²) in [5.74, 6) is 0.246. The monoisotopic (exact) mass is 278 g/mol. The molecule has 112 valence electrons. The smallest absolute Gasteiger partial charge is 0.146 e. The van der Waals surface area contributed by atoms with E-state index in [1.165, 1.54) is 0 Å². The van der Waals surface area contributed by atoms with Gasteiger partial charge in [-0.25, -0.2) is 4.39 Å². The highest BCUT2D eigenvalue weighted by Gasteiger charge is 2.21. The zero-order valence-electron chi connectivity index (χ0n) is 13.1. The maximum Gasteiger partial charge on any atom is 0.146 e. The van der Waals surface area contributed by atoms with E-state index >= 15 is 0 Å². The SMILES string of the molecule is CC(C)c1ccc(NC2CCN(C(C)C)CC2)c(F)c1. The molecule has 1 N–H and O–H groups in total. The van der Waals surface area contributed by atoms with Gasteiger partial charge in [-0.3, -0.25) is 0 Å². The van der Waals surface area contributed by atoms with Gasteiger partial charge in [-0.1, -0.05) is 19.9 Å². The van der Waals surface area contributed by atoms with E-state index in [0.717, 1.165) is 31.5 Å². The highest BCUT2D eigenvalue weighted by atomic mass is 19.1. The molecule has 1 fully saturated rings. The molecule has 1 heterocycles. The highest BCUT2D eigenvalue weighted by Crippen LogP contribution is 2.24. The second-order valence-corrected chi connectivity index (χ2v) is 6.44. The van der Waals surface area contributed by atoms with Gasteiger partial charge in [0.25, 0.3) is 0 Å². The van der Waals surface area contributed by atoms with Crippen molar-refractivity contribution >= 4 is 5.69 Å². The lowest BCUT2D eigenvalue weighted by Crippen LogP contribution is -2.42. The standard InChI is InChI=1S/C17H27FN2/c1-12(2)14-5-6-17(16(18)11-14)19-15-7-9-20(10-8-15)13(3)4/h5-6,11-13,15,19H,7-10H2,1-4H3. The number of hydrogen-bond donors (Lipinski definition) is 1. The molecule has 0 radical (unpaired) electrons. The van der Waals surface area contributed by atoms with Crippen LogP contribution in [0, 0.1) is 5.82 Å². The second-order valence-electron chi connectivity index (χ2n) is 6.44. The van der Waals surface area contributed by atoms with E-state index in [9.17, 15) is 4.39 Å². The van der Waals surface area contributed by atoms with Crippen molar-refractivity contribution in [3.05, 3.63) is 29.6 Å². The van der Waals surface area contributed by atoms with Crippen LogP contribution in [0.4, 0.5) is 10.1 Å². The van der Waals surface area contributed by atoms with Gasteiger partial charge in [0.15, 0.2) is 0 Å². The predicted octanol–water partition coefficient (Wildman–Crippen LogP) is 4.23. The van der Waals surface area contributed by atoms with Crippen LogP contribution in [0.1, 0.15) is 52.0 Å². The lowest BCUT2D eigenvalue weighted by Gasteiger charge is -2.35. The van der Waals surface area contributed by atoms with E-state index < -0.39 is 0 Å². The summed E-state index contributed by atoms with van der Waals surface area (Å²) in [6, 6.07) is 6.58. The molecule has 0 bridgehead atoms. The van der Waals surface area contributed by atoms with Crippen LogP contribution in [0.15, 0.2) is 18.2 Å². The van der Waals surface area contributed by atoms with Crippen molar-refractivity contribution in [1.82, 2.24) is 4.90 Å². The molecule has 20 heavy (non-hydrogen) atoms. The molecule has 1 aromatic carbocycles. The number of hydrogen-bond acceptors (Lipinski definition) is 2. The number of likely N-dealkylation sites (tertiary alicyclic amines) is 1. The van der Waals surface area contributed by atoms with Gasteiger partial charge in [-0.2, -0.15) is 0 Å². The first kappa shape index (κ1) is 15.3. The Morgan fingerprint density at radius 2 is 1.80 bits per heavy atom. The Balaban J connectivity index is 1.94. The van der Waals surface area contributed by atoms with E-state index in [4.69, 9.17) is 0 Å². The molecule has 2 nitrogen and oxygen atoms in total. The van der Waals surface area contributed by atoms with Crippen molar-refractivity contribution in [3.8, 4) is 0 Å². The number of benzene rings is 1. The van der Waals surface area contributed by atoms with Gasteiger partial charge < -0.3 is 10.2 Å². The van der Waals surface area contributed by atoms with E-state index in [1.807, 2.05) is 12.1 Å². The van der Waals surface area contributed by atoms with Gasteiger partial charge in [-0.05, 0) is 50.3 Å². The van der Waals surface area contributed by atoms with Gasteiger partial charge >= 0.3 is 0 Å². The van der Waals surface area contributed by atoms with Crippen molar-refractivity contribution in [3.63, 3.8) is 0 Å². The van der Waals surface area contributed by atoms with Crippen LogP contribution in [0.2, 0.25) is 0 Å². The number of halogens is 1. The molecule has 0 saturated carbocycles. The van der Waals surface area contributed by atoms with Gasteiger partial charge in [0.2, 0.25) is 0 Å². The molecule has 0 aromatic heterocycles. The minimum atomic E-state index is -0.123. The van der Waals surface area contributed by atoms with E-state index in [2.05, 4.69) is 37.9 Å². The van der Waals surface area contributed by atoms with Crippen LogP contribution >= 0.6 is 0 Å². The van der Waals surface area contributed by atoms with Gasteiger partial charge in [0.05, 0.1) is 5.69 Å². The summed E-state index contributed by atoms with van der Waals surface area (Å²) in [4.78, 5) is 2.48. The Kier molecular flexibility index (Phi) is 5.03. The molecule has 1 aliphatic heterocycles. The fourth-order valence-electron chi connectivity index (χ4n) is 2.79. The summed E-state index contributed by atoms with van der Waals surface area (Å²) >= 11 is 0. The third kappa shape index (κ3) is 3.72. The topological polar surface area (TPSA) is 15.3 Å². The third-order valence-corrected chi connectivity index (χ3v) is 4.28. The summed E-state index contributed by atoms with van der Waals surface area (Å²) in [7, 11) is 0. The quantitative estimate of drug-likeness (QED) is 0.886. The van der Waals surface area contributed by atoms with Crippen LogP contribution in [0.5, 0.6) is 0 Å². The molecule has 0 aliphatic carbocycles. The Bertz CT molecular complexity index is 435. The molecule has 0 spiro atoms. The Morgan fingerprint density at radius 1 is 1.15 bits per heavy atom. The van der Waals surface area contributed by atoms with Crippen molar-refractivity contribution in [1.29, 1.82) is 0 Å². The fraction of sp³-hybridized carbons (Fsp3) is 0.647. The van der Waals surface area contributed by atoms with Crippen molar-refractivity contribution in [2.75, 3.05) is 18.4 Å². The molecule has 0 amide bonds. The zero-order valence-corrected chi connectivity index (χ0v) is 13.1. The number of anilines is 1. The summed E-state index contributed by atoms with van der Waals surface area (Å²) < 4.78 is 14.1. The number of nitrogens with zero attached hydrogens (tertiary/aromatic N) is 1. The maximum absolute atomic E-state index is 14.1. The first-order valence-electron chi connectivity index (χ1n) is 7.77. The summed E-state index contributed by atoms with van der Waals surface area (Å²) in [5.41, 5.74) is 1.71. The summed E-state index contributed by atoms with van der Waals surface area (Å²) in [6.45, 7) is 10.8. The van der Waals surface area contributed by atoms with Crippen LogP contribution in [-0.2, 0) is 0 Å². The molecule has 0 unspecified atom stereocenters. The average Bonchev–Trinajstić information content (AvgIpc) is 2.41. The van der Waals surface area contributed by atoms with Crippen molar-refractivity contribution < 1.29 is 4.39 Å². The van der Waals surface area contributed by atoms with Crippen LogP contribution in [0.3, 0.4) is 0 Å². The lowest BCUT2D eigenvalue weighted by atomic mass is 10.0. The largest absolute Gasteiger partial charge is 0.380 e. The van der Waals surface area contributed by atoms with Crippen LogP contribution < -0.4 is 5.32 Å². The van der Waals surface area contributed by atoms with Crippen LogP contribution in [0.25, 0.3) is 0 Å². The zero-order chi connectivity index (χ0) is 14.7. The molecule has 0 atom stereocenters. The van der Waals surface area contributed by atoms with E-state index in [1.54, 1.807) is 6.07 Å². The van der Waals surface area contributed by atoms with Crippen molar-refractivity contribution in [2.24, 2.45) is 0 Å². The normalized spacial score (nSPS) is 17.9. The van der Waals surface area contributed by atoms with Crippen molar-refractivity contribution in [2.45, 2.75) is 58.5 Å². The molecule has 2 rings (SSSR count). The Morgan fingerprint density at radius 3 is 2.30 bits per heavy atom. The minimum absolute atomic E-state index is 0.123. The first-order valence-corrected chi connectivity index (χ1v) is 7.77. The molecule has 3 heteroatoms. The molecular formula is C17H27FN2. The van der Waals surface area contributed by atoms with Gasteiger partial charge in [-0.15, -0.1) is 0 Å². The molecule has 1 saturated heterocycles. The fourth-order valence-corrected chi connectivity index (χ4v) is 2.79. The average molecular weight is 278 g/mol. The van der Waals surface area contributed by atoms with Gasteiger partial charge in [0.1, 0.15) is 5.82 Å². The Hall–Kier alpha value is -1.09. The van der Waals surface area contributed by atoms with E-state index in [-0.39, 0.29) is 5.82 Å². The molecular weight excluding hydrogens is 251 g/mol. The third-order valence-electron chi connectivity index (χ3n) is 4.28. The maximum atomic E-state index is 14.1. The molecule has 1 aliphatic rings. The Labute approximate surface area is 122 Å². The lowest BCUT2D eigenvalue weighted by molar-refractivity contribution is 0.177. The van der Waals surface area contributed by atoms with E-state index in [0.29, 0.717) is 23.7 Å². The number of nitrogens with one attached hydrogen (secondary N) is 1. The summed E-state index contributed by atoms with van der Waals surface area (Å²) in [6.07, 6.45) is 2.17. The number of rotatable bonds is 4. The highest BCUT2D eigenvalue weighted by molar-refractivity contribution is 5.47. The first-order chi connectivity index (χ1) is 9.47. The van der Waals surface area contributed by atoms with Crippen LogP contribution in [-0.4, -0.2) is 30.1 Å². The predicted molar refractivity (Wildman–Crippen MR) is 83.8 cm³/mol. The summed E-state index contributed by atoms with van der Waals surface area (Å²) in [5, 5.41) is 3.37. The number of piperidine rings is 1. The van der Waals surface area contributed by atoms with Gasteiger partial charge in [0, 0.05) is 25.2 Å². The second kappa shape index (κ2) is 6.57.